The molecule has 0 atom stereocenters. The molecule has 156 valence electrons. The van der Waals surface area contributed by atoms with Gasteiger partial charge in [-0.05, 0) is 43.3 Å². The summed E-state index contributed by atoms with van der Waals surface area (Å²) in [6, 6.07) is 7.03. The Balaban J connectivity index is 2.21. The second-order valence-electron chi connectivity index (χ2n) is 6.47. The number of ether oxygens (including phenoxy) is 2. The SMILES string of the molecule is COCCOC(=O)c1c(C)[nH]c(C(=O)Nc2ccccc2SC(=O)N(C)C)c1C. The van der Waals surface area contributed by atoms with Gasteiger partial charge in [-0.15, -0.1) is 0 Å². The van der Waals surface area contributed by atoms with Crippen molar-refractivity contribution < 1.29 is 23.9 Å². The van der Waals surface area contributed by atoms with Gasteiger partial charge in [0.1, 0.15) is 12.3 Å². The van der Waals surface area contributed by atoms with Crippen molar-refractivity contribution in [1.82, 2.24) is 9.88 Å². The van der Waals surface area contributed by atoms with E-state index >= 15 is 0 Å². The van der Waals surface area contributed by atoms with Crippen LogP contribution >= 0.6 is 11.8 Å². The van der Waals surface area contributed by atoms with Crippen molar-refractivity contribution in [2.75, 3.05) is 39.7 Å². The maximum Gasteiger partial charge on any atom is 0.340 e. The molecule has 0 saturated heterocycles. The summed E-state index contributed by atoms with van der Waals surface area (Å²) in [6.45, 7) is 3.81. The molecule has 1 aromatic heterocycles. The first-order valence-corrected chi connectivity index (χ1v) is 9.72. The van der Waals surface area contributed by atoms with Crippen LogP contribution in [-0.4, -0.2) is 61.4 Å². The first-order chi connectivity index (χ1) is 13.8. The average molecular weight is 420 g/mol. The Labute approximate surface area is 173 Å². The van der Waals surface area contributed by atoms with Crippen LogP contribution in [0, 0.1) is 13.8 Å². The van der Waals surface area contributed by atoms with Crippen LogP contribution in [0.5, 0.6) is 0 Å². The van der Waals surface area contributed by atoms with E-state index in [2.05, 4.69) is 10.3 Å². The Morgan fingerprint density at radius 2 is 1.83 bits per heavy atom. The van der Waals surface area contributed by atoms with Crippen molar-refractivity contribution in [2.24, 2.45) is 0 Å². The maximum absolute atomic E-state index is 12.8. The molecule has 0 spiro atoms. The molecule has 0 bridgehead atoms. The van der Waals surface area contributed by atoms with Gasteiger partial charge in [-0.1, -0.05) is 12.1 Å². The zero-order chi connectivity index (χ0) is 21.6. The smallest absolute Gasteiger partial charge is 0.340 e. The van der Waals surface area contributed by atoms with Crippen molar-refractivity contribution in [3.8, 4) is 0 Å². The van der Waals surface area contributed by atoms with Gasteiger partial charge in [-0.25, -0.2) is 4.79 Å². The molecule has 0 fully saturated rings. The van der Waals surface area contributed by atoms with Crippen molar-refractivity contribution >= 4 is 34.6 Å². The Kier molecular flexibility index (Phi) is 7.86. The predicted molar refractivity (Wildman–Crippen MR) is 112 cm³/mol. The number of nitrogens with one attached hydrogen (secondary N) is 2. The molecule has 1 heterocycles. The molecule has 29 heavy (non-hydrogen) atoms. The minimum atomic E-state index is -0.514. The fraction of sp³-hybridized carbons (Fsp3) is 0.350. The largest absolute Gasteiger partial charge is 0.460 e. The predicted octanol–water partition coefficient (Wildman–Crippen LogP) is 3.46. The Bertz CT molecular complexity index is 908. The van der Waals surface area contributed by atoms with E-state index in [9.17, 15) is 14.4 Å². The van der Waals surface area contributed by atoms with E-state index in [1.807, 2.05) is 0 Å². The Morgan fingerprint density at radius 1 is 1.14 bits per heavy atom. The highest BCUT2D eigenvalue weighted by molar-refractivity contribution is 8.13. The number of thioether (sulfide) groups is 1. The summed E-state index contributed by atoms with van der Waals surface area (Å²) in [5.41, 5.74) is 2.14. The number of esters is 1. The summed E-state index contributed by atoms with van der Waals surface area (Å²) >= 11 is 1.02. The lowest BCUT2D eigenvalue weighted by atomic mass is 10.1. The fourth-order valence-electron chi connectivity index (χ4n) is 2.60. The van der Waals surface area contributed by atoms with Crippen LogP contribution in [-0.2, 0) is 9.47 Å². The van der Waals surface area contributed by atoms with Crippen LogP contribution < -0.4 is 5.32 Å². The minimum Gasteiger partial charge on any atom is -0.460 e. The van der Waals surface area contributed by atoms with Crippen LogP contribution in [0.25, 0.3) is 0 Å². The van der Waals surface area contributed by atoms with Gasteiger partial charge in [0.2, 0.25) is 0 Å². The molecule has 9 heteroatoms. The molecule has 2 rings (SSSR count). The van der Waals surface area contributed by atoms with E-state index in [1.54, 1.807) is 52.2 Å². The number of aromatic nitrogens is 1. The topological polar surface area (TPSA) is 101 Å². The molecule has 0 aliphatic rings. The number of H-pyrrole nitrogens is 1. The normalized spacial score (nSPS) is 10.5. The standard InChI is InChI=1S/C20H25N3O5S/c1-12-16(19(25)28-11-10-27-5)13(2)21-17(12)18(24)22-14-8-6-7-9-15(14)29-20(26)23(3)4/h6-9,21H,10-11H2,1-5H3,(H,22,24). The molecule has 2 amide bonds. The van der Waals surface area contributed by atoms with Crippen LogP contribution in [0.4, 0.5) is 10.5 Å². The zero-order valence-corrected chi connectivity index (χ0v) is 17.9. The molecular weight excluding hydrogens is 394 g/mol. The van der Waals surface area contributed by atoms with Crippen LogP contribution in [0.15, 0.2) is 29.2 Å². The third-order valence-corrected chi connectivity index (χ3v) is 5.20. The van der Waals surface area contributed by atoms with Gasteiger partial charge in [0.15, 0.2) is 0 Å². The zero-order valence-electron chi connectivity index (χ0n) is 17.1. The summed E-state index contributed by atoms with van der Waals surface area (Å²) in [7, 11) is 4.84. The van der Waals surface area contributed by atoms with Gasteiger partial charge >= 0.3 is 5.97 Å². The number of nitrogens with zero attached hydrogens (tertiary/aromatic N) is 1. The molecule has 2 N–H and O–H groups in total. The summed E-state index contributed by atoms with van der Waals surface area (Å²) in [5.74, 6) is -0.924. The molecule has 1 aromatic carbocycles. The maximum atomic E-state index is 12.8. The lowest BCUT2D eigenvalue weighted by molar-refractivity contribution is 0.0386. The number of benzene rings is 1. The first kappa shape index (κ1) is 22.5. The van der Waals surface area contributed by atoms with Gasteiger partial charge < -0.3 is 24.7 Å². The van der Waals surface area contributed by atoms with E-state index in [0.717, 1.165) is 11.8 Å². The van der Waals surface area contributed by atoms with Crippen molar-refractivity contribution in [3.63, 3.8) is 0 Å². The molecule has 0 aliphatic carbocycles. The highest BCUT2D eigenvalue weighted by Gasteiger charge is 2.23. The third kappa shape index (κ3) is 5.61. The van der Waals surface area contributed by atoms with E-state index in [1.165, 1.54) is 12.0 Å². The average Bonchev–Trinajstić information content (AvgIpc) is 2.97. The molecule has 0 radical (unpaired) electrons. The lowest BCUT2D eigenvalue weighted by Gasteiger charge is -2.13. The Morgan fingerprint density at radius 3 is 2.48 bits per heavy atom. The number of rotatable bonds is 7. The number of para-hydroxylation sites is 1. The lowest BCUT2D eigenvalue weighted by Crippen LogP contribution is -2.17. The van der Waals surface area contributed by atoms with Gasteiger partial charge in [-0.3, -0.25) is 9.59 Å². The van der Waals surface area contributed by atoms with Crippen molar-refractivity contribution in [1.29, 1.82) is 0 Å². The minimum absolute atomic E-state index is 0.130. The molecule has 0 unspecified atom stereocenters. The molecule has 0 aliphatic heterocycles. The van der Waals surface area contributed by atoms with Crippen molar-refractivity contribution in [3.05, 3.63) is 46.8 Å². The summed E-state index contributed by atoms with van der Waals surface area (Å²) < 4.78 is 10.0. The molecule has 2 aromatic rings. The number of amides is 2. The number of anilines is 1. The van der Waals surface area contributed by atoms with Crippen LogP contribution in [0.2, 0.25) is 0 Å². The van der Waals surface area contributed by atoms with Crippen LogP contribution in [0.1, 0.15) is 32.1 Å². The van der Waals surface area contributed by atoms with E-state index in [0.29, 0.717) is 34.0 Å². The highest BCUT2D eigenvalue weighted by Crippen LogP contribution is 2.29. The van der Waals surface area contributed by atoms with E-state index in [-0.39, 0.29) is 17.5 Å². The fourth-order valence-corrected chi connectivity index (χ4v) is 3.35. The van der Waals surface area contributed by atoms with Crippen LogP contribution in [0.3, 0.4) is 0 Å². The van der Waals surface area contributed by atoms with E-state index < -0.39 is 11.9 Å². The third-order valence-electron chi connectivity index (χ3n) is 4.09. The quantitative estimate of drug-likeness (QED) is 0.405. The molecule has 8 nitrogen and oxygen atoms in total. The number of aromatic amines is 1. The second-order valence-corrected chi connectivity index (χ2v) is 7.46. The van der Waals surface area contributed by atoms with E-state index in [4.69, 9.17) is 9.47 Å². The highest BCUT2D eigenvalue weighted by atomic mass is 32.2. The number of aryl methyl sites for hydroxylation is 1. The summed E-state index contributed by atoms with van der Waals surface area (Å²) in [5, 5.41) is 2.66. The number of hydrogen-bond acceptors (Lipinski definition) is 6. The second kappa shape index (κ2) is 10.1. The van der Waals surface area contributed by atoms with Gasteiger partial charge in [-0.2, -0.15) is 0 Å². The summed E-state index contributed by atoms with van der Waals surface area (Å²) in [6.07, 6.45) is 0. The Hall–Kier alpha value is -2.78. The number of carbonyl (C=O) groups is 3. The summed E-state index contributed by atoms with van der Waals surface area (Å²) in [4.78, 5) is 42.2. The monoisotopic (exact) mass is 419 g/mol. The molecular formula is C20H25N3O5S. The number of methoxy groups -OCH3 is 1. The number of carbonyl (C=O) groups excluding carboxylic acids is 3. The van der Waals surface area contributed by atoms with Crippen molar-refractivity contribution in [2.45, 2.75) is 18.7 Å². The first-order valence-electron chi connectivity index (χ1n) is 8.91. The van der Waals surface area contributed by atoms with Gasteiger partial charge in [0, 0.05) is 31.8 Å². The van der Waals surface area contributed by atoms with Gasteiger partial charge in [0.05, 0.1) is 17.9 Å². The molecule has 0 saturated carbocycles. The van der Waals surface area contributed by atoms with Gasteiger partial charge in [0.25, 0.3) is 11.1 Å². The number of hydrogen-bond donors (Lipinski definition) is 2.